The van der Waals surface area contributed by atoms with Crippen molar-refractivity contribution < 1.29 is 4.79 Å². The van der Waals surface area contributed by atoms with Gasteiger partial charge in [-0.2, -0.15) is 0 Å². The third-order valence-corrected chi connectivity index (χ3v) is 4.53. The Kier molecular flexibility index (Phi) is 6.26. The van der Waals surface area contributed by atoms with Gasteiger partial charge in [0.25, 0.3) is 0 Å². The Balaban J connectivity index is 1.75. The Morgan fingerprint density at radius 3 is 2.90 bits per heavy atom. The molecule has 20 heavy (non-hydrogen) atoms. The van der Waals surface area contributed by atoms with E-state index in [1.54, 1.807) is 0 Å². The lowest BCUT2D eigenvalue weighted by Gasteiger charge is -2.29. The van der Waals surface area contributed by atoms with Crippen LogP contribution < -0.4 is 5.32 Å². The second-order valence-electron chi connectivity index (χ2n) is 6.11. The fourth-order valence-corrected chi connectivity index (χ4v) is 3.37. The molecule has 2 aliphatic rings. The van der Waals surface area contributed by atoms with Crippen molar-refractivity contribution in [3.8, 4) is 0 Å². The van der Waals surface area contributed by atoms with Gasteiger partial charge in [0.2, 0.25) is 5.91 Å². The highest BCUT2D eigenvalue weighted by Crippen LogP contribution is 2.17. The van der Waals surface area contributed by atoms with Crippen LogP contribution in [0.3, 0.4) is 0 Å². The highest BCUT2D eigenvalue weighted by molar-refractivity contribution is 5.78. The van der Waals surface area contributed by atoms with Crippen molar-refractivity contribution in [3.05, 3.63) is 0 Å². The molecule has 2 aliphatic heterocycles. The van der Waals surface area contributed by atoms with Crippen LogP contribution in [0.15, 0.2) is 0 Å². The van der Waals surface area contributed by atoms with Crippen LogP contribution in [-0.4, -0.2) is 86.1 Å². The first kappa shape index (κ1) is 15.7. The molecule has 5 nitrogen and oxygen atoms in total. The number of amides is 1. The summed E-state index contributed by atoms with van der Waals surface area (Å²) in [4.78, 5) is 19.1. The molecule has 0 spiro atoms. The number of nitrogens with one attached hydrogen (secondary N) is 1. The summed E-state index contributed by atoms with van der Waals surface area (Å²) in [6.07, 6.45) is 3.65. The number of hydrogen-bond donors (Lipinski definition) is 1. The molecule has 2 heterocycles. The van der Waals surface area contributed by atoms with Gasteiger partial charge >= 0.3 is 0 Å². The maximum atomic E-state index is 12.3. The Hall–Kier alpha value is -0.650. The summed E-state index contributed by atoms with van der Waals surface area (Å²) in [5.41, 5.74) is 0. The summed E-state index contributed by atoms with van der Waals surface area (Å²) < 4.78 is 0. The van der Waals surface area contributed by atoms with Crippen LogP contribution in [0.25, 0.3) is 0 Å². The third kappa shape index (κ3) is 4.43. The lowest BCUT2D eigenvalue weighted by atomic mass is 10.2. The van der Waals surface area contributed by atoms with Crippen LogP contribution in [0.2, 0.25) is 0 Å². The monoisotopic (exact) mass is 282 g/mol. The molecule has 1 atom stereocenters. The lowest BCUT2D eigenvalue weighted by molar-refractivity contribution is -0.132. The topological polar surface area (TPSA) is 38.8 Å². The second kappa shape index (κ2) is 7.96. The van der Waals surface area contributed by atoms with Crippen molar-refractivity contribution >= 4 is 5.91 Å². The van der Waals surface area contributed by atoms with E-state index in [2.05, 4.69) is 29.1 Å². The van der Waals surface area contributed by atoms with Crippen LogP contribution in [0.1, 0.15) is 26.2 Å². The Morgan fingerprint density at radius 2 is 2.10 bits per heavy atom. The van der Waals surface area contributed by atoms with Gasteiger partial charge in [0, 0.05) is 32.2 Å². The van der Waals surface area contributed by atoms with Crippen molar-refractivity contribution in [2.24, 2.45) is 0 Å². The van der Waals surface area contributed by atoms with E-state index in [1.165, 1.54) is 19.4 Å². The van der Waals surface area contributed by atoms with Crippen LogP contribution in [-0.2, 0) is 4.79 Å². The van der Waals surface area contributed by atoms with Crippen molar-refractivity contribution in [2.45, 2.75) is 32.2 Å². The van der Waals surface area contributed by atoms with Gasteiger partial charge in [-0.15, -0.1) is 0 Å². The SMILES string of the molecule is CCN1CCCC1CN(C)CC(=O)N1CCCNCC1. The van der Waals surface area contributed by atoms with Crippen molar-refractivity contribution in [1.82, 2.24) is 20.0 Å². The number of hydrogen-bond acceptors (Lipinski definition) is 4. The van der Waals surface area contributed by atoms with Gasteiger partial charge in [-0.1, -0.05) is 6.92 Å². The van der Waals surface area contributed by atoms with E-state index in [-0.39, 0.29) is 5.91 Å². The van der Waals surface area contributed by atoms with Gasteiger partial charge in [-0.25, -0.2) is 0 Å². The molecule has 1 N–H and O–H groups in total. The molecule has 0 aliphatic carbocycles. The van der Waals surface area contributed by atoms with E-state index in [0.29, 0.717) is 12.6 Å². The number of carbonyl (C=O) groups excluding carboxylic acids is 1. The fourth-order valence-electron chi connectivity index (χ4n) is 3.37. The van der Waals surface area contributed by atoms with Gasteiger partial charge < -0.3 is 10.2 Å². The zero-order chi connectivity index (χ0) is 14.4. The number of nitrogens with zero attached hydrogens (tertiary/aromatic N) is 3. The molecule has 5 heteroatoms. The molecule has 2 fully saturated rings. The maximum Gasteiger partial charge on any atom is 0.236 e. The largest absolute Gasteiger partial charge is 0.340 e. The molecule has 2 saturated heterocycles. The van der Waals surface area contributed by atoms with E-state index in [0.717, 1.165) is 45.7 Å². The van der Waals surface area contributed by atoms with Gasteiger partial charge in [0.05, 0.1) is 6.54 Å². The quantitative estimate of drug-likeness (QED) is 0.783. The summed E-state index contributed by atoms with van der Waals surface area (Å²) in [7, 11) is 2.08. The second-order valence-corrected chi connectivity index (χ2v) is 6.11. The number of carbonyl (C=O) groups is 1. The van der Waals surface area contributed by atoms with E-state index < -0.39 is 0 Å². The van der Waals surface area contributed by atoms with Gasteiger partial charge in [-0.3, -0.25) is 14.6 Å². The molecule has 0 aromatic carbocycles. The Morgan fingerprint density at radius 1 is 1.25 bits per heavy atom. The molecule has 0 saturated carbocycles. The minimum Gasteiger partial charge on any atom is -0.340 e. The van der Waals surface area contributed by atoms with Crippen LogP contribution in [0.4, 0.5) is 0 Å². The summed E-state index contributed by atoms with van der Waals surface area (Å²) >= 11 is 0. The zero-order valence-corrected chi connectivity index (χ0v) is 13.1. The highest BCUT2D eigenvalue weighted by atomic mass is 16.2. The first-order chi connectivity index (χ1) is 9.70. The molecule has 0 aromatic heterocycles. The number of likely N-dealkylation sites (N-methyl/N-ethyl adjacent to an activating group) is 2. The van der Waals surface area contributed by atoms with Crippen LogP contribution in [0.5, 0.6) is 0 Å². The Labute approximate surface area is 123 Å². The van der Waals surface area contributed by atoms with Gasteiger partial charge in [0.1, 0.15) is 0 Å². The molecule has 116 valence electrons. The first-order valence-electron chi connectivity index (χ1n) is 8.11. The summed E-state index contributed by atoms with van der Waals surface area (Å²) in [5.74, 6) is 0.289. The standard InChI is InChI=1S/C15H30N4O/c1-3-18-9-4-6-14(18)12-17(2)13-15(20)19-10-5-7-16-8-11-19/h14,16H,3-13H2,1-2H3. The summed E-state index contributed by atoms with van der Waals surface area (Å²) in [6, 6.07) is 0.642. The summed E-state index contributed by atoms with van der Waals surface area (Å²) in [6.45, 7) is 9.90. The predicted molar refractivity (Wildman–Crippen MR) is 81.8 cm³/mol. The average molecular weight is 282 g/mol. The molecule has 2 rings (SSSR count). The molecule has 0 bridgehead atoms. The van der Waals surface area contributed by atoms with Crippen molar-refractivity contribution in [1.29, 1.82) is 0 Å². The number of likely N-dealkylation sites (tertiary alicyclic amines) is 1. The number of rotatable bonds is 5. The van der Waals surface area contributed by atoms with Gasteiger partial charge in [-0.05, 0) is 45.9 Å². The lowest BCUT2D eigenvalue weighted by Crippen LogP contribution is -2.44. The van der Waals surface area contributed by atoms with E-state index in [1.807, 2.05) is 4.90 Å². The Bertz CT molecular complexity index is 302. The van der Waals surface area contributed by atoms with E-state index in [4.69, 9.17) is 0 Å². The molecular formula is C15H30N4O. The van der Waals surface area contributed by atoms with Crippen LogP contribution in [0, 0.1) is 0 Å². The van der Waals surface area contributed by atoms with Crippen molar-refractivity contribution in [2.75, 3.05) is 59.4 Å². The maximum absolute atomic E-state index is 12.3. The molecule has 0 aromatic rings. The molecule has 1 unspecified atom stereocenters. The molecule has 0 radical (unpaired) electrons. The first-order valence-corrected chi connectivity index (χ1v) is 8.11. The van der Waals surface area contributed by atoms with Crippen molar-refractivity contribution in [3.63, 3.8) is 0 Å². The van der Waals surface area contributed by atoms with Crippen LogP contribution >= 0.6 is 0 Å². The van der Waals surface area contributed by atoms with E-state index in [9.17, 15) is 4.79 Å². The normalized spacial score (nSPS) is 25.1. The predicted octanol–water partition coefficient (Wildman–Crippen LogP) is 0.224. The molecule has 1 amide bonds. The zero-order valence-electron chi connectivity index (χ0n) is 13.1. The average Bonchev–Trinajstić information content (AvgIpc) is 2.70. The minimum absolute atomic E-state index is 0.289. The third-order valence-electron chi connectivity index (χ3n) is 4.53. The minimum atomic E-state index is 0.289. The summed E-state index contributed by atoms with van der Waals surface area (Å²) in [5, 5.41) is 3.34. The van der Waals surface area contributed by atoms with E-state index >= 15 is 0 Å². The molecular weight excluding hydrogens is 252 g/mol. The fraction of sp³-hybridized carbons (Fsp3) is 0.933. The van der Waals surface area contributed by atoms with Gasteiger partial charge in [0.15, 0.2) is 0 Å². The smallest absolute Gasteiger partial charge is 0.236 e. The highest BCUT2D eigenvalue weighted by Gasteiger charge is 2.25.